The molecule has 0 atom stereocenters. The summed E-state index contributed by atoms with van der Waals surface area (Å²) in [6.45, 7) is 1.86. The topological polar surface area (TPSA) is 65.0 Å². The van der Waals surface area contributed by atoms with E-state index in [0.29, 0.717) is 17.2 Å². The van der Waals surface area contributed by atoms with E-state index < -0.39 is 5.97 Å². The maximum Gasteiger partial charge on any atom is 0.339 e. The van der Waals surface area contributed by atoms with Gasteiger partial charge in [0.2, 0.25) is 5.75 Å². The number of hydrogen-bond donors (Lipinski definition) is 1. The predicted molar refractivity (Wildman–Crippen MR) is 77.8 cm³/mol. The zero-order valence-electron chi connectivity index (χ0n) is 12.0. The van der Waals surface area contributed by atoms with E-state index in [1.165, 1.54) is 20.3 Å². The van der Waals surface area contributed by atoms with Crippen LogP contribution in [0.3, 0.4) is 0 Å². The van der Waals surface area contributed by atoms with Gasteiger partial charge in [0.25, 0.3) is 0 Å². The number of rotatable bonds is 5. The van der Waals surface area contributed by atoms with Crippen molar-refractivity contribution in [3.63, 3.8) is 0 Å². The summed E-state index contributed by atoms with van der Waals surface area (Å²) in [5.41, 5.74) is 0.970. The van der Waals surface area contributed by atoms with Crippen molar-refractivity contribution in [2.24, 2.45) is 0 Å². The largest absolute Gasteiger partial charge is 0.493 e. The number of carbonyl (C=O) groups is 1. The van der Waals surface area contributed by atoms with Gasteiger partial charge in [-0.1, -0.05) is 12.1 Å². The van der Waals surface area contributed by atoms with Gasteiger partial charge in [-0.05, 0) is 36.8 Å². The van der Waals surface area contributed by atoms with Crippen molar-refractivity contribution in [3.05, 3.63) is 47.5 Å². The van der Waals surface area contributed by atoms with E-state index in [-0.39, 0.29) is 11.3 Å². The molecule has 2 aromatic carbocycles. The summed E-state index contributed by atoms with van der Waals surface area (Å²) in [5, 5.41) is 9.25. The monoisotopic (exact) mass is 288 g/mol. The van der Waals surface area contributed by atoms with Crippen molar-refractivity contribution in [2.45, 2.75) is 6.92 Å². The Morgan fingerprint density at radius 3 is 2.14 bits per heavy atom. The van der Waals surface area contributed by atoms with Gasteiger partial charge in [0.05, 0.1) is 14.2 Å². The maximum absolute atomic E-state index is 11.3. The molecule has 0 spiro atoms. The van der Waals surface area contributed by atoms with Gasteiger partial charge < -0.3 is 19.3 Å². The van der Waals surface area contributed by atoms with Crippen molar-refractivity contribution < 1.29 is 24.1 Å². The molecular weight excluding hydrogens is 272 g/mol. The van der Waals surface area contributed by atoms with Crippen molar-refractivity contribution in [1.29, 1.82) is 0 Å². The molecule has 0 fully saturated rings. The van der Waals surface area contributed by atoms with Gasteiger partial charge >= 0.3 is 5.97 Å². The highest BCUT2D eigenvalue weighted by molar-refractivity contribution is 5.91. The van der Waals surface area contributed by atoms with E-state index in [0.717, 1.165) is 5.56 Å². The molecular formula is C16H16O5. The number of para-hydroxylation sites is 1. The lowest BCUT2D eigenvalue weighted by Gasteiger charge is -2.15. The molecule has 2 rings (SSSR count). The van der Waals surface area contributed by atoms with Crippen LogP contribution in [-0.4, -0.2) is 25.3 Å². The van der Waals surface area contributed by atoms with Gasteiger partial charge in [-0.15, -0.1) is 0 Å². The van der Waals surface area contributed by atoms with Crippen LogP contribution in [0.15, 0.2) is 36.4 Å². The van der Waals surface area contributed by atoms with Crippen molar-refractivity contribution in [3.8, 4) is 23.0 Å². The summed E-state index contributed by atoms with van der Waals surface area (Å²) >= 11 is 0. The fraction of sp³-hybridized carbons (Fsp3) is 0.188. The van der Waals surface area contributed by atoms with Gasteiger partial charge in [0.1, 0.15) is 11.3 Å². The Morgan fingerprint density at radius 2 is 1.62 bits per heavy atom. The molecule has 21 heavy (non-hydrogen) atoms. The fourth-order valence-electron chi connectivity index (χ4n) is 1.92. The van der Waals surface area contributed by atoms with Crippen LogP contribution in [0.25, 0.3) is 0 Å². The minimum absolute atomic E-state index is 0.0774. The molecule has 0 saturated carbocycles. The Hall–Kier alpha value is -2.69. The van der Waals surface area contributed by atoms with Gasteiger partial charge in [-0.2, -0.15) is 0 Å². The first kappa shape index (κ1) is 14.7. The molecule has 1 N–H and O–H groups in total. The lowest BCUT2D eigenvalue weighted by Crippen LogP contribution is -2.02. The third-order valence-corrected chi connectivity index (χ3v) is 2.96. The molecule has 110 valence electrons. The SMILES string of the molecule is COc1cccc(OC)c1Oc1cc(C)ccc1C(=O)O. The van der Waals surface area contributed by atoms with E-state index in [4.69, 9.17) is 14.2 Å². The summed E-state index contributed by atoms with van der Waals surface area (Å²) < 4.78 is 16.2. The van der Waals surface area contributed by atoms with Crippen LogP contribution in [-0.2, 0) is 0 Å². The van der Waals surface area contributed by atoms with Gasteiger partial charge in [0.15, 0.2) is 11.5 Å². The minimum atomic E-state index is -1.06. The van der Waals surface area contributed by atoms with E-state index in [1.807, 2.05) is 6.92 Å². The number of ether oxygens (including phenoxy) is 3. The van der Waals surface area contributed by atoms with E-state index in [2.05, 4.69) is 0 Å². The number of carboxylic acids is 1. The summed E-state index contributed by atoms with van der Waals surface area (Å²) in [6, 6.07) is 10.1. The van der Waals surface area contributed by atoms with Crippen LogP contribution in [0.1, 0.15) is 15.9 Å². The van der Waals surface area contributed by atoms with Gasteiger partial charge in [-0.25, -0.2) is 4.79 Å². The number of aromatic carboxylic acids is 1. The smallest absolute Gasteiger partial charge is 0.339 e. The molecule has 0 aliphatic rings. The Bertz CT molecular complexity index is 641. The van der Waals surface area contributed by atoms with Gasteiger partial charge in [-0.3, -0.25) is 0 Å². The minimum Gasteiger partial charge on any atom is -0.493 e. The highest BCUT2D eigenvalue weighted by atomic mass is 16.5. The highest BCUT2D eigenvalue weighted by Gasteiger charge is 2.17. The number of aryl methyl sites for hydroxylation is 1. The zero-order valence-corrected chi connectivity index (χ0v) is 12.0. The lowest BCUT2D eigenvalue weighted by atomic mass is 10.1. The zero-order chi connectivity index (χ0) is 15.4. The molecule has 2 aromatic rings. The molecule has 0 aliphatic carbocycles. The number of carboxylic acid groups (broad SMARTS) is 1. The van der Waals surface area contributed by atoms with Gasteiger partial charge in [0, 0.05) is 0 Å². The number of hydrogen-bond acceptors (Lipinski definition) is 4. The van der Waals surface area contributed by atoms with E-state index in [9.17, 15) is 9.90 Å². The third kappa shape index (κ3) is 3.08. The van der Waals surface area contributed by atoms with Crippen LogP contribution >= 0.6 is 0 Å². The lowest BCUT2D eigenvalue weighted by molar-refractivity contribution is 0.0694. The Balaban J connectivity index is 2.52. The fourth-order valence-corrected chi connectivity index (χ4v) is 1.92. The second kappa shape index (κ2) is 6.17. The second-order valence-corrected chi connectivity index (χ2v) is 4.40. The number of methoxy groups -OCH3 is 2. The Labute approximate surface area is 122 Å². The summed E-state index contributed by atoms with van der Waals surface area (Å²) in [6.07, 6.45) is 0. The summed E-state index contributed by atoms with van der Waals surface area (Å²) in [4.78, 5) is 11.3. The molecule has 0 aromatic heterocycles. The van der Waals surface area contributed by atoms with Crippen LogP contribution in [0.2, 0.25) is 0 Å². The van der Waals surface area contributed by atoms with Crippen LogP contribution < -0.4 is 14.2 Å². The predicted octanol–water partition coefficient (Wildman–Crippen LogP) is 3.50. The second-order valence-electron chi connectivity index (χ2n) is 4.40. The Morgan fingerprint density at radius 1 is 1.00 bits per heavy atom. The van der Waals surface area contributed by atoms with E-state index >= 15 is 0 Å². The highest BCUT2D eigenvalue weighted by Crippen LogP contribution is 2.40. The molecule has 0 amide bonds. The molecule has 5 heteroatoms. The van der Waals surface area contributed by atoms with Crippen LogP contribution in [0, 0.1) is 6.92 Å². The van der Waals surface area contributed by atoms with E-state index in [1.54, 1.807) is 30.3 Å². The van der Waals surface area contributed by atoms with Crippen LogP contribution in [0.5, 0.6) is 23.0 Å². The first-order chi connectivity index (χ1) is 10.1. The standard InChI is InChI=1S/C16H16O5/c1-10-7-8-11(16(17)18)14(9-10)21-15-12(19-2)5-4-6-13(15)20-3/h4-9H,1-3H3,(H,17,18). The number of benzene rings is 2. The molecule has 0 unspecified atom stereocenters. The molecule has 0 saturated heterocycles. The average molecular weight is 288 g/mol. The quantitative estimate of drug-likeness (QED) is 0.912. The molecule has 0 heterocycles. The van der Waals surface area contributed by atoms with Crippen molar-refractivity contribution in [1.82, 2.24) is 0 Å². The summed E-state index contributed by atoms with van der Waals surface area (Å²) in [7, 11) is 3.02. The maximum atomic E-state index is 11.3. The van der Waals surface area contributed by atoms with Crippen molar-refractivity contribution >= 4 is 5.97 Å². The molecule has 0 aliphatic heterocycles. The Kier molecular flexibility index (Phi) is 4.33. The average Bonchev–Trinajstić information content (AvgIpc) is 2.47. The summed E-state index contributed by atoms with van der Waals surface area (Å²) in [5.74, 6) is 0.458. The van der Waals surface area contributed by atoms with Crippen molar-refractivity contribution in [2.75, 3.05) is 14.2 Å². The third-order valence-electron chi connectivity index (χ3n) is 2.96. The molecule has 0 bridgehead atoms. The first-order valence-electron chi connectivity index (χ1n) is 6.29. The molecule has 5 nitrogen and oxygen atoms in total. The van der Waals surface area contributed by atoms with Crippen LogP contribution in [0.4, 0.5) is 0 Å². The molecule has 0 radical (unpaired) electrons. The normalized spacial score (nSPS) is 10.0. The first-order valence-corrected chi connectivity index (χ1v) is 6.29.